The minimum Gasteiger partial charge on any atom is -0.338 e. The summed E-state index contributed by atoms with van der Waals surface area (Å²) in [7, 11) is 0. The molecule has 0 bridgehead atoms. The summed E-state index contributed by atoms with van der Waals surface area (Å²) in [6.45, 7) is 5.50. The van der Waals surface area contributed by atoms with Crippen molar-refractivity contribution in [3.8, 4) is 11.3 Å². The van der Waals surface area contributed by atoms with Crippen molar-refractivity contribution >= 4 is 5.95 Å². The van der Waals surface area contributed by atoms with Crippen molar-refractivity contribution in [2.75, 3.05) is 31.1 Å². The molecule has 0 atom stereocenters. The van der Waals surface area contributed by atoms with Crippen LogP contribution in [0.1, 0.15) is 5.56 Å². The average molecular weight is 272 g/mol. The van der Waals surface area contributed by atoms with Crippen molar-refractivity contribution in [1.29, 1.82) is 0 Å². The highest BCUT2D eigenvalue weighted by Gasteiger charge is 2.16. The van der Waals surface area contributed by atoms with Gasteiger partial charge in [0.05, 0.1) is 5.69 Å². The van der Waals surface area contributed by atoms with Crippen molar-refractivity contribution in [2.45, 2.75) is 6.92 Å². The maximum Gasteiger partial charge on any atom is 0.225 e. The molecule has 1 aliphatic rings. The summed E-state index contributed by atoms with van der Waals surface area (Å²) in [5.74, 6) is 0.427. The SMILES string of the molecule is Cc1cnc(N2CCNCC2)nc1-c1ccccc1F. The first-order chi connectivity index (χ1) is 9.75. The maximum atomic E-state index is 13.9. The third-order valence-electron chi connectivity index (χ3n) is 3.49. The molecule has 20 heavy (non-hydrogen) atoms. The fourth-order valence-corrected chi connectivity index (χ4v) is 2.38. The molecule has 4 nitrogen and oxygen atoms in total. The number of aryl methyl sites for hydroxylation is 1. The van der Waals surface area contributed by atoms with E-state index in [0.29, 0.717) is 17.2 Å². The Hall–Kier alpha value is -2.01. The van der Waals surface area contributed by atoms with E-state index in [1.165, 1.54) is 6.07 Å². The van der Waals surface area contributed by atoms with Gasteiger partial charge in [-0.1, -0.05) is 12.1 Å². The van der Waals surface area contributed by atoms with Gasteiger partial charge in [-0.25, -0.2) is 14.4 Å². The number of anilines is 1. The minimum absolute atomic E-state index is 0.249. The van der Waals surface area contributed by atoms with Crippen molar-refractivity contribution < 1.29 is 4.39 Å². The molecule has 5 heteroatoms. The van der Waals surface area contributed by atoms with Crippen LogP contribution in [0, 0.1) is 12.7 Å². The average Bonchev–Trinajstić information content (AvgIpc) is 2.49. The Morgan fingerprint density at radius 2 is 1.95 bits per heavy atom. The zero-order valence-corrected chi connectivity index (χ0v) is 11.4. The van der Waals surface area contributed by atoms with Crippen LogP contribution in [0.15, 0.2) is 30.5 Å². The van der Waals surface area contributed by atoms with Crippen molar-refractivity contribution in [3.05, 3.63) is 41.8 Å². The van der Waals surface area contributed by atoms with Crippen molar-refractivity contribution in [3.63, 3.8) is 0 Å². The van der Waals surface area contributed by atoms with Gasteiger partial charge in [0.15, 0.2) is 0 Å². The number of nitrogens with zero attached hydrogens (tertiary/aromatic N) is 3. The summed E-state index contributed by atoms with van der Waals surface area (Å²) >= 11 is 0. The van der Waals surface area contributed by atoms with Crippen LogP contribution in [0.4, 0.5) is 10.3 Å². The van der Waals surface area contributed by atoms with E-state index in [9.17, 15) is 4.39 Å². The molecule has 0 radical (unpaired) electrons. The van der Waals surface area contributed by atoms with Crippen molar-refractivity contribution in [1.82, 2.24) is 15.3 Å². The zero-order valence-electron chi connectivity index (χ0n) is 11.4. The van der Waals surface area contributed by atoms with Gasteiger partial charge in [-0.3, -0.25) is 0 Å². The number of halogens is 1. The molecule has 3 rings (SSSR count). The lowest BCUT2D eigenvalue weighted by atomic mass is 10.1. The van der Waals surface area contributed by atoms with Crippen LogP contribution >= 0.6 is 0 Å². The molecule has 1 N–H and O–H groups in total. The van der Waals surface area contributed by atoms with Gasteiger partial charge >= 0.3 is 0 Å². The van der Waals surface area contributed by atoms with Gasteiger partial charge in [0, 0.05) is 37.9 Å². The number of nitrogens with one attached hydrogen (secondary N) is 1. The molecule has 1 aromatic carbocycles. The smallest absolute Gasteiger partial charge is 0.225 e. The molecule has 0 aliphatic carbocycles. The molecule has 1 fully saturated rings. The maximum absolute atomic E-state index is 13.9. The van der Waals surface area contributed by atoms with E-state index in [1.807, 2.05) is 13.0 Å². The first kappa shape index (κ1) is 13.0. The van der Waals surface area contributed by atoms with Crippen LogP contribution in [0.25, 0.3) is 11.3 Å². The molecule has 2 aromatic rings. The first-order valence-corrected chi connectivity index (χ1v) is 6.80. The van der Waals surface area contributed by atoms with Crippen LogP contribution in [-0.4, -0.2) is 36.1 Å². The van der Waals surface area contributed by atoms with E-state index in [0.717, 1.165) is 31.7 Å². The highest BCUT2D eigenvalue weighted by molar-refractivity contribution is 5.64. The standard InChI is InChI=1S/C15H17FN4/c1-11-10-18-15(20-8-6-17-7-9-20)19-14(11)12-4-2-3-5-13(12)16/h2-5,10,17H,6-9H2,1H3. The van der Waals surface area contributed by atoms with E-state index in [2.05, 4.69) is 20.2 Å². The summed E-state index contributed by atoms with van der Waals surface area (Å²) < 4.78 is 13.9. The van der Waals surface area contributed by atoms with Gasteiger partial charge in [0.25, 0.3) is 0 Å². The molecule has 1 aliphatic heterocycles. The Kier molecular flexibility index (Phi) is 3.60. The van der Waals surface area contributed by atoms with Crippen LogP contribution in [0.3, 0.4) is 0 Å². The van der Waals surface area contributed by atoms with Crippen LogP contribution in [-0.2, 0) is 0 Å². The summed E-state index contributed by atoms with van der Waals surface area (Å²) in [5.41, 5.74) is 2.09. The Morgan fingerprint density at radius 1 is 1.20 bits per heavy atom. The van der Waals surface area contributed by atoms with Gasteiger partial charge < -0.3 is 10.2 Å². The third kappa shape index (κ3) is 2.49. The molecule has 0 spiro atoms. The third-order valence-corrected chi connectivity index (χ3v) is 3.49. The molecule has 1 saturated heterocycles. The van der Waals surface area contributed by atoms with Crippen LogP contribution < -0.4 is 10.2 Å². The second kappa shape index (κ2) is 5.54. The topological polar surface area (TPSA) is 41.1 Å². The predicted octanol–water partition coefficient (Wildman–Crippen LogP) is 2.00. The fraction of sp³-hybridized carbons (Fsp3) is 0.333. The summed E-state index contributed by atoms with van der Waals surface area (Å²) in [6.07, 6.45) is 1.77. The van der Waals surface area contributed by atoms with Crippen LogP contribution in [0.5, 0.6) is 0 Å². The highest BCUT2D eigenvalue weighted by atomic mass is 19.1. The molecule has 0 unspecified atom stereocenters. The highest BCUT2D eigenvalue weighted by Crippen LogP contribution is 2.25. The van der Waals surface area contributed by atoms with Gasteiger partial charge in [0.2, 0.25) is 5.95 Å². The van der Waals surface area contributed by atoms with Crippen molar-refractivity contribution in [2.24, 2.45) is 0 Å². The molecule has 1 aromatic heterocycles. The fourth-order valence-electron chi connectivity index (χ4n) is 2.38. The first-order valence-electron chi connectivity index (χ1n) is 6.80. The summed E-state index contributed by atoms with van der Waals surface area (Å²) in [4.78, 5) is 11.1. The number of hydrogen-bond donors (Lipinski definition) is 1. The summed E-state index contributed by atoms with van der Waals surface area (Å²) in [5, 5.41) is 3.29. The lowest BCUT2D eigenvalue weighted by molar-refractivity contribution is 0.579. The number of aromatic nitrogens is 2. The van der Waals surface area contributed by atoms with Gasteiger partial charge in [-0.05, 0) is 24.6 Å². The molecular formula is C15H17FN4. The number of piperazine rings is 1. The van der Waals surface area contributed by atoms with Gasteiger partial charge in [-0.15, -0.1) is 0 Å². The molecular weight excluding hydrogens is 255 g/mol. The second-order valence-electron chi connectivity index (χ2n) is 4.92. The van der Waals surface area contributed by atoms with E-state index in [1.54, 1.807) is 18.3 Å². The summed E-state index contributed by atoms with van der Waals surface area (Å²) in [6, 6.07) is 6.73. The van der Waals surface area contributed by atoms with E-state index >= 15 is 0 Å². The van der Waals surface area contributed by atoms with E-state index in [-0.39, 0.29) is 5.82 Å². The normalized spacial score (nSPS) is 15.4. The zero-order chi connectivity index (χ0) is 13.9. The number of rotatable bonds is 2. The Balaban J connectivity index is 2.00. The minimum atomic E-state index is -0.249. The predicted molar refractivity (Wildman–Crippen MR) is 77.2 cm³/mol. The molecule has 0 amide bonds. The lowest BCUT2D eigenvalue weighted by Crippen LogP contribution is -2.44. The number of hydrogen-bond acceptors (Lipinski definition) is 4. The molecule has 2 heterocycles. The second-order valence-corrected chi connectivity index (χ2v) is 4.92. The Morgan fingerprint density at radius 3 is 2.70 bits per heavy atom. The van der Waals surface area contributed by atoms with E-state index in [4.69, 9.17) is 0 Å². The van der Waals surface area contributed by atoms with E-state index < -0.39 is 0 Å². The lowest BCUT2D eigenvalue weighted by Gasteiger charge is -2.27. The van der Waals surface area contributed by atoms with Gasteiger partial charge in [-0.2, -0.15) is 0 Å². The number of benzene rings is 1. The quantitative estimate of drug-likeness (QED) is 0.908. The molecule has 104 valence electrons. The monoisotopic (exact) mass is 272 g/mol. The largest absolute Gasteiger partial charge is 0.338 e. The Labute approximate surface area is 117 Å². The van der Waals surface area contributed by atoms with Gasteiger partial charge in [0.1, 0.15) is 5.82 Å². The molecule has 0 saturated carbocycles. The Bertz CT molecular complexity index is 609. The van der Waals surface area contributed by atoms with Crippen LogP contribution in [0.2, 0.25) is 0 Å².